The van der Waals surface area contributed by atoms with E-state index >= 15 is 0 Å². The van der Waals surface area contributed by atoms with E-state index in [4.69, 9.17) is 18.8 Å². The van der Waals surface area contributed by atoms with Crippen molar-refractivity contribution < 1.29 is 35.0 Å². The maximum absolute atomic E-state index is 11.1. The molecule has 0 radical (unpaired) electrons. The number of hydrogen-bond donors (Lipinski definition) is 1. The number of rotatable bonds is 6. The number of para-hydroxylation sites is 3. The van der Waals surface area contributed by atoms with E-state index in [1.165, 1.54) is 11.1 Å². The van der Waals surface area contributed by atoms with E-state index in [-0.39, 0.29) is 37.6 Å². The minimum Gasteiger partial charge on any atom is -0.507 e. The van der Waals surface area contributed by atoms with Crippen molar-refractivity contribution in [1.82, 2.24) is 9.97 Å². The largest absolute Gasteiger partial charge is 0.507 e. The van der Waals surface area contributed by atoms with Crippen molar-refractivity contribution >= 4 is 32.9 Å². The summed E-state index contributed by atoms with van der Waals surface area (Å²) in [7, 11) is 0. The number of nitrogens with zero attached hydrogens (tertiary/aromatic N) is 2. The first-order valence-electron chi connectivity index (χ1n) is 21.2. The fraction of sp³-hybridized carbons (Fsp3) is 0.158. The second-order valence-corrected chi connectivity index (χ2v) is 18.4. The second kappa shape index (κ2) is 16.0. The number of benzene rings is 6. The van der Waals surface area contributed by atoms with Gasteiger partial charge in [0.2, 0.25) is 0 Å². The van der Waals surface area contributed by atoms with Crippen LogP contribution in [0.15, 0.2) is 160 Å². The van der Waals surface area contributed by atoms with Gasteiger partial charge in [-0.2, -0.15) is 0 Å². The molecular formula is C57H47N2O3Pt-. The molecule has 314 valence electrons. The number of aromatic nitrogens is 2. The topological polar surface area (TPSA) is 72.3 Å². The third-order valence-corrected chi connectivity index (χ3v) is 11.8. The summed E-state index contributed by atoms with van der Waals surface area (Å²) in [6, 6.07) is 55.3. The van der Waals surface area contributed by atoms with E-state index < -0.39 is 0 Å². The number of hydrogen-bond acceptors (Lipinski definition) is 5. The van der Waals surface area contributed by atoms with Gasteiger partial charge in [0.25, 0.3) is 0 Å². The molecule has 6 heteroatoms. The summed E-state index contributed by atoms with van der Waals surface area (Å²) in [5, 5.41) is 14.3. The molecule has 1 N–H and O–H groups in total. The van der Waals surface area contributed by atoms with E-state index in [1.807, 2.05) is 79.7 Å². The van der Waals surface area contributed by atoms with Crippen LogP contribution in [-0.4, -0.2) is 15.1 Å². The fourth-order valence-electron chi connectivity index (χ4n) is 8.45. The van der Waals surface area contributed by atoms with Gasteiger partial charge in [-0.1, -0.05) is 138 Å². The summed E-state index contributed by atoms with van der Waals surface area (Å²) < 4.78 is 13.1. The first-order chi connectivity index (χ1) is 29.8. The van der Waals surface area contributed by atoms with Gasteiger partial charge in [0.15, 0.2) is 0 Å². The molecule has 10 rings (SSSR count). The minimum atomic E-state index is -0.0561. The summed E-state index contributed by atoms with van der Waals surface area (Å²) in [6.45, 7) is 15.5. The van der Waals surface area contributed by atoms with Crippen LogP contribution >= 0.6 is 0 Å². The average Bonchev–Trinajstić information content (AvgIpc) is 3.84. The van der Waals surface area contributed by atoms with Crippen LogP contribution in [0.2, 0.25) is 0 Å². The van der Waals surface area contributed by atoms with Gasteiger partial charge in [0.05, 0.1) is 5.69 Å². The van der Waals surface area contributed by atoms with Crippen LogP contribution in [0, 0.1) is 13.0 Å². The van der Waals surface area contributed by atoms with E-state index in [1.54, 1.807) is 6.07 Å². The molecule has 0 spiro atoms. The van der Waals surface area contributed by atoms with Crippen LogP contribution in [0.25, 0.3) is 100 Å². The van der Waals surface area contributed by atoms with Crippen molar-refractivity contribution in [2.75, 3.05) is 0 Å². The molecule has 0 aliphatic carbocycles. The molecule has 5 nitrogen and oxygen atoms in total. The molecule has 63 heavy (non-hydrogen) atoms. The van der Waals surface area contributed by atoms with Crippen LogP contribution in [0.4, 0.5) is 0 Å². The Bertz CT molecular complexity index is 3330. The Labute approximate surface area is 382 Å². The molecule has 0 saturated carbocycles. The molecule has 0 aliphatic heterocycles. The molecule has 0 bridgehead atoms. The average molecular weight is 1000 g/mol. The van der Waals surface area contributed by atoms with E-state index in [9.17, 15) is 5.11 Å². The summed E-state index contributed by atoms with van der Waals surface area (Å²) in [5.74, 6) is 0.942. The molecular weight excluding hydrogens is 956 g/mol. The Kier molecular flexibility index (Phi) is 10.6. The van der Waals surface area contributed by atoms with E-state index in [0.717, 1.165) is 94.7 Å². The van der Waals surface area contributed by atoms with Crippen LogP contribution in [0.5, 0.6) is 5.75 Å². The van der Waals surface area contributed by atoms with Gasteiger partial charge in [-0.3, -0.25) is 9.97 Å². The molecule has 0 unspecified atom stereocenters. The SMILES string of the molecule is Cc1cc(-c2oc3ccccc3c2-c2ccc3c(c2)oc2ccccc23)cc(-c2[c-]c(-c3cc(-c4cc(C(C)(C)C)cc(C(C)(C)C)c4)cc(-c4ccccc4O)n3)ccc2)n1.[Pt]. The van der Waals surface area contributed by atoms with Crippen molar-refractivity contribution in [3.05, 3.63) is 175 Å². The third kappa shape index (κ3) is 7.92. The van der Waals surface area contributed by atoms with Gasteiger partial charge in [-0.05, 0) is 94.1 Å². The van der Waals surface area contributed by atoms with Gasteiger partial charge in [0.1, 0.15) is 28.3 Å². The van der Waals surface area contributed by atoms with Crippen LogP contribution in [0.3, 0.4) is 0 Å². The number of aromatic hydroxyl groups is 1. The standard InChI is InChI=1S/C57H47N2O3.Pt/c1-34-25-40(55-54(46-19-10-13-22-52(46)62-55)37-23-24-44-43-17-9-12-21-51(43)61-53(44)32-37)31-47(58-34)35-15-14-16-36(26-35)48-29-39(30-49(59-48)45-18-8-11-20-50(45)60)38-27-41(56(2,3)4)33-42(28-38)57(5,6)7;/h8-25,27-33,60H,1-7H3;/q-1;. The van der Waals surface area contributed by atoms with Crippen LogP contribution in [-0.2, 0) is 31.9 Å². The van der Waals surface area contributed by atoms with Crippen molar-refractivity contribution in [1.29, 1.82) is 0 Å². The molecule has 10 aromatic rings. The van der Waals surface area contributed by atoms with E-state index in [0.29, 0.717) is 11.3 Å². The zero-order chi connectivity index (χ0) is 42.9. The number of fused-ring (bicyclic) bond motifs is 4. The number of furan rings is 2. The normalized spacial score (nSPS) is 12.0. The fourth-order valence-corrected chi connectivity index (χ4v) is 8.45. The maximum Gasteiger partial charge on any atom is 0.142 e. The van der Waals surface area contributed by atoms with E-state index in [2.05, 4.69) is 120 Å². The number of pyridine rings is 2. The van der Waals surface area contributed by atoms with Gasteiger partial charge in [-0.25, -0.2) is 0 Å². The maximum atomic E-state index is 11.1. The van der Waals surface area contributed by atoms with Crippen LogP contribution in [0.1, 0.15) is 58.4 Å². The minimum absolute atomic E-state index is 0. The molecule has 4 heterocycles. The number of phenolic OH excluding ortho intramolecular Hbond substituents is 1. The molecule has 0 amide bonds. The van der Waals surface area contributed by atoms with Gasteiger partial charge < -0.3 is 13.9 Å². The Balaban J connectivity index is 0.00000504. The summed E-state index contributed by atoms with van der Waals surface area (Å²) in [4.78, 5) is 10.2. The van der Waals surface area contributed by atoms with Gasteiger partial charge in [0, 0.05) is 71.0 Å². The van der Waals surface area contributed by atoms with Crippen molar-refractivity contribution in [3.8, 4) is 73.1 Å². The molecule has 0 fully saturated rings. The molecule has 0 saturated heterocycles. The molecule has 6 aromatic carbocycles. The quantitative estimate of drug-likeness (QED) is 0.168. The predicted molar refractivity (Wildman–Crippen MR) is 254 cm³/mol. The molecule has 0 atom stereocenters. The van der Waals surface area contributed by atoms with Crippen LogP contribution < -0.4 is 0 Å². The molecule has 4 aromatic heterocycles. The van der Waals surface area contributed by atoms with Gasteiger partial charge in [-0.15, -0.1) is 24.3 Å². The predicted octanol–water partition coefficient (Wildman–Crippen LogP) is 15.5. The third-order valence-electron chi connectivity index (χ3n) is 11.8. The first kappa shape index (κ1) is 41.8. The van der Waals surface area contributed by atoms with Crippen molar-refractivity contribution in [2.45, 2.75) is 59.3 Å². The Hall–Kier alpha value is -6.55. The summed E-state index contributed by atoms with van der Waals surface area (Å²) in [5.41, 5.74) is 15.3. The first-order valence-corrected chi connectivity index (χ1v) is 21.2. The van der Waals surface area contributed by atoms with Crippen molar-refractivity contribution in [3.63, 3.8) is 0 Å². The smallest absolute Gasteiger partial charge is 0.142 e. The summed E-state index contributed by atoms with van der Waals surface area (Å²) in [6.07, 6.45) is 0. The zero-order valence-corrected chi connectivity index (χ0v) is 38.7. The molecule has 0 aliphatic rings. The van der Waals surface area contributed by atoms with Gasteiger partial charge >= 0.3 is 0 Å². The Morgan fingerprint density at radius 1 is 0.476 bits per heavy atom. The Morgan fingerprint density at radius 2 is 1.05 bits per heavy atom. The number of aryl methyl sites for hydroxylation is 1. The summed E-state index contributed by atoms with van der Waals surface area (Å²) >= 11 is 0. The second-order valence-electron chi connectivity index (χ2n) is 18.4. The Morgan fingerprint density at radius 3 is 1.75 bits per heavy atom. The van der Waals surface area contributed by atoms with Crippen molar-refractivity contribution in [2.24, 2.45) is 0 Å². The zero-order valence-electron chi connectivity index (χ0n) is 36.4. The monoisotopic (exact) mass is 1000 g/mol. The number of phenols is 1.